The maximum absolute atomic E-state index is 6.01. The Morgan fingerprint density at radius 2 is 2.26 bits per heavy atom. The van der Waals surface area contributed by atoms with E-state index >= 15 is 0 Å². The Bertz CT molecular complexity index is 430. The summed E-state index contributed by atoms with van der Waals surface area (Å²) >= 11 is 8.97. The van der Waals surface area contributed by atoms with Crippen molar-refractivity contribution in [2.24, 2.45) is 0 Å². The predicted octanol–water partition coefficient (Wildman–Crippen LogP) is 3.40. The number of rotatable bonds is 4. The molecule has 3 rings (SSSR count). The number of hydrogen-bond donors (Lipinski definition) is 1. The van der Waals surface area contributed by atoms with Gasteiger partial charge in [0.1, 0.15) is 0 Å². The molecule has 1 aromatic rings. The van der Waals surface area contributed by atoms with Gasteiger partial charge in [0.25, 0.3) is 0 Å². The molecule has 1 aliphatic heterocycles. The van der Waals surface area contributed by atoms with Crippen LogP contribution in [0, 0.1) is 0 Å². The van der Waals surface area contributed by atoms with Crippen molar-refractivity contribution >= 4 is 43.2 Å². The largest absolute Gasteiger partial charge is 0.374 e. The summed E-state index contributed by atoms with van der Waals surface area (Å²) in [6, 6.07) is 3.31. The standard InChI is InChI=1S/C13H18Br2N2OS/c1-17-4-5-18-10(7-16-8-2-3-8)12(17)11-6-9(14)13(15)19-11/h6,8,10,12,16H,2-5,7H2,1H3. The van der Waals surface area contributed by atoms with Crippen molar-refractivity contribution in [3.8, 4) is 0 Å². The van der Waals surface area contributed by atoms with Gasteiger partial charge in [-0.3, -0.25) is 4.90 Å². The van der Waals surface area contributed by atoms with E-state index in [0.717, 1.165) is 34.0 Å². The van der Waals surface area contributed by atoms with E-state index in [1.54, 1.807) is 11.3 Å². The molecule has 6 heteroatoms. The summed E-state index contributed by atoms with van der Waals surface area (Å²) in [5.41, 5.74) is 0. The minimum absolute atomic E-state index is 0.247. The first kappa shape index (κ1) is 14.5. The summed E-state index contributed by atoms with van der Waals surface area (Å²) in [5.74, 6) is 0. The summed E-state index contributed by atoms with van der Waals surface area (Å²) in [6.07, 6.45) is 2.89. The van der Waals surface area contributed by atoms with E-state index in [-0.39, 0.29) is 6.10 Å². The van der Waals surface area contributed by atoms with Crippen molar-refractivity contribution in [2.45, 2.75) is 31.0 Å². The van der Waals surface area contributed by atoms with Gasteiger partial charge in [0, 0.05) is 28.5 Å². The second-order valence-electron chi connectivity index (χ2n) is 5.29. The van der Waals surface area contributed by atoms with Gasteiger partial charge in [-0.15, -0.1) is 11.3 Å². The monoisotopic (exact) mass is 408 g/mol. The summed E-state index contributed by atoms with van der Waals surface area (Å²) in [4.78, 5) is 3.77. The van der Waals surface area contributed by atoms with Gasteiger partial charge < -0.3 is 10.1 Å². The summed E-state index contributed by atoms with van der Waals surface area (Å²) in [7, 11) is 2.19. The van der Waals surface area contributed by atoms with Gasteiger partial charge in [-0.2, -0.15) is 0 Å². The van der Waals surface area contributed by atoms with Crippen LogP contribution in [0.25, 0.3) is 0 Å². The van der Waals surface area contributed by atoms with E-state index in [0.29, 0.717) is 6.04 Å². The molecule has 1 N–H and O–H groups in total. The van der Waals surface area contributed by atoms with Gasteiger partial charge in [0.2, 0.25) is 0 Å². The fourth-order valence-electron chi connectivity index (χ4n) is 2.51. The highest BCUT2D eigenvalue weighted by atomic mass is 79.9. The average molecular weight is 410 g/mol. The van der Waals surface area contributed by atoms with Gasteiger partial charge in [-0.25, -0.2) is 0 Å². The molecule has 0 bridgehead atoms. The molecule has 2 atom stereocenters. The Morgan fingerprint density at radius 1 is 1.47 bits per heavy atom. The summed E-state index contributed by atoms with van der Waals surface area (Å²) in [5, 5.41) is 3.60. The van der Waals surface area contributed by atoms with Crippen molar-refractivity contribution < 1.29 is 4.74 Å². The minimum Gasteiger partial charge on any atom is -0.374 e. The van der Waals surface area contributed by atoms with E-state index < -0.39 is 0 Å². The molecule has 19 heavy (non-hydrogen) atoms. The fraction of sp³-hybridized carbons (Fsp3) is 0.692. The molecule has 0 spiro atoms. The zero-order chi connectivity index (χ0) is 13.4. The molecule has 1 aliphatic carbocycles. The molecular weight excluding hydrogens is 392 g/mol. The van der Waals surface area contributed by atoms with Crippen molar-refractivity contribution in [3.63, 3.8) is 0 Å². The number of nitrogens with one attached hydrogen (secondary N) is 1. The molecule has 106 valence electrons. The SMILES string of the molecule is CN1CCOC(CNC2CC2)C1c1cc(Br)c(Br)s1. The number of halogens is 2. The van der Waals surface area contributed by atoms with Gasteiger partial charge in [-0.05, 0) is 57.8 Å². The summed E-state index contributed by atoms with van der Waals surface area (Å²) < 4.78 is 8.32. The lowest BCUT2D eigenvalue weighted by Gasteiger charge is -2.38. The van der Waals surface area contributed by atoms with Crippen molar-refractivity contribution in [1.82, 2.24) is 10.2 Å². The Hall–Kier alpha value is 0.540. The maximum Gasteiger partial charge on any atom is 0.0904 e. The average Bonchev–Trinajstić information content (AvgIpc) is 3.14. The van der Waals surface area contributed by atoms with Crippen molar-refractivity contribution in [1.29, 1.82) is 0 Å². The van der Waals surface area contributed by atoms with E-state index in [4.69, 9.17) is 4.74 Å². The number of thiophene rings is 1. The highest BCUT2D eigenvalue weighted by Crippen LogP contribution is 2.39. The Morgan fingerprint density at radius 3 is 2.89 bits per heavy atom. The molecule has 0 aromatic carbocycles. The molecule has 1 saturated carbocycles. The molecule has 2 unspecified atom stereocenters. The first-order valence-electron chi connectivity index (χ1n) is 6.65. The molecule has 1 saturated heterocycles. The van der Waals surface area contributed by atoms with Gasteiger partial charge in [0.15, 0.2) is 0 Å². The first-order valence-corrected chi connectivity index (χ1v) is 9.05. The van der Waals surface area contributed by atoms with E-state index in [1.165, 1.54) is 17.7 Å². The molecule has 2 aliphatic rings. The third-order valence-electron chi connectivity index (χ3n) is 3.74. The molecule has 3 nitrogen and oxygen atoms in total. The zero-order valence-corrected chi connectivity index (χ0v) is 14.9. The van der Waals surface area contributed by atoms with E-state index in [9.17, 15) is 0 Å². The maximum atomic E-state index is 6.01. The topological polar surface area (TPSA) is 24.5 Å². The smallest absolute Gasteiger partial charge is 0.0904 e. The number of nitrogens with zero attached hydrogens (tertiary/aromatic N) is 1. The number of hydrogen-bond acceptors (Lipinski definition) is 4. The number of likely N-dealkylation sites (N-methyl/N-ethyl adjacent to an activating group) is 1. The Kier molecular flexibility index (Phi) is 4.66. The van der Waals surface area contributed by atoms with Crippen molar-refractivity contribution in [3.05, 3.63) is 19.2 Å². The van der Waals surface area contributed by atoms with Crippen LogP contribution in [0.3, 0.4) is 0 Å². The van der Waals surface area contributed by atoms with Crippen LogP contribution in [0.2, 0.25) is 0 Å². The third kappa shape index (κ3) is 3.41. The summed E-state index contributed by atoms with van der Waals surface area (Å²) in [6.45, 7) is 2.78. The van der Waals surface area contributed by atoms with Crippen LogP contribution in [0.15, 0.2) is 14.3 Å². The molecular formula is C13H18Br2N2OS. The molecule has 2 fully saturated rings. The number of ether oxygens (including phenoxy) is 1. The van der Waals surface area contributed by atoms with E-state index in [2.05, 4.69) is 55.2 Å². The zero-order valence-electron chi connectivity index (χ0n) is 10.9. The second kappa shape index (κ2) is 6.12. The lowest BCUT2D eigenvalue weighted by Crippen LogP contribution is -2.47. The first-order chi connectivity index (χ1) is 9.15. The van der Waals surface area contributed by atoms with Crippen LogP contribution >= 0.6 is 43.2 Å². The minimum atomic E-state index is 0.247. The lowest BCUT2D eigenvalue weighted by atomic mass is 10.1. The molecule has 0 radical (unpaired) electrons. The second-order valence-corrected chi connectivity index (χ2v) is 8.54. The third-order valence-corrected chi connectivity index (χ3v) is 7.07. The van der Waals surface area contributed by atoms with Crippen LogP contribution in [0.4, 0.5) is 0 Å². The van der Waals surface area contributed by atoms with Crippen LogP contribution in [-0.2, 0) is 4.74 Å². The predicted molar refractivity (Wildman–Crippen MR) is 85.9 cm³/mol. The van der Waals surface area contributed by atoms with Crippen molar-refractivity contribution in [2.75, 3.05) is 26.7 Å². The van der Waals surface area contributed by atoms with E-state index in [1.807, 2.05) is 0 Å². The van der Waals surface area contributed by atoms with Crippen LogP contribution < -0.4 is 5.32 Å². The Labute approximate surface area is 135 Å². The van der Waals surface area contributed by atoms with Crippen LogP contribution in [0.5, 0.6) is 0 Å². The molecule has 0 amide bonds. The number of morpholine rings is 1. The van der Waals surface area contributed by atoms with Gasteiger partial charge in [-0.1, -0.05) is 0 Å². The molecule has 2 heterocycles. The highest BCUT2D eigenvalue weighted by Gasteiger charge is 2.34. The van der Waals surface area contributed by atoms with Crippen LogP contribution in [0.1, 0.15) is 23.8 Å². The van der Waals surface area contributed by atoms with Gasteiger partial charge >= 0.3 is 0 Å². The lowest BCUT2D eigenvalue weighted by molar-refractivity contribution is -0.0603. The highest BCUT2D eigenvalue weighted by molar-refractivity contribution is 9.13. The normalized spacial score (nSPS) is 28.8. The fourth-order valence-corrected chi connectivity index (χ4v) is 4.82. The van der Waals surface area contributed by atoms with Crippen LogP contribution in [-0.4, -0.2) is 43.8 Å². The quantitative estimate of drug-likeness (QED) is 0.824. The van der Waals surface area contributed by atoms with Gasteiger partial charge in [0.05, 0.1) is 22.5 Å². The molecule has 1 aromatic heterocycles. The Balaban J connectivity index is 1.75.